The van der Waals surface area contributed by atoms with Crippen LogP contribution in [0.15, 0.2) is 47.4 Å². The second-order valence-corrected chi connectivity index (χ2v) is 8.66. The third-order valence-electron chi connectivity index (χ3n) is 4.67. The Labute approximate surface area is 169 Å². The molecule has 3 rings (SSSR count). The molecule has 2 aromatic carbocycles. The van der Waals surface area contributed by atoms with Crippen LogP contribution in [0, 0.1) is 6.92 Å². The lowest BCUT2D eigenvalue weighted by Gasteiger charge is -2.26. The molecule has 3 N–H and O–H groups in total. The Hall–Kier alpha value is -2.75. The fourth-order valence-corrected chi connectivity index (χ4v) is 4.78. The number of ether oxygens (including phenoxy) is 1. The third-order valence-corrected chi connectivity index (χ3v) is 6.71. The van der Waals surface area contributed by atoms with Gasteiger partial charge in [0.1, 0.15) is 0 Å². The highest BCUT2D eigenvalue weighted by Gasteiger charge is 2.28. The summed E-state index contributed by atoms with van der Waals surface area (Å²) in [6, 6.07) is 11.4. The molecule has 29 heavy (non-hydrogen) atoms. The lowest BCUT2D eigenvalue weighted by Crippen LogP contribution is -2.40. The number of primary amides is 1. The van der Waals surface area contributed by atoms with Gasteiger partial charge >= 0.3 is 0 Å². The number of morpholine rings is 1. The zero-order chi connectivity index (χ0) is 21.0. The lowest BCUT2D eigenvalue weighted by atomic mass is 10.1. The Balaban J connectivity index is 1.88. The summed E-state index contributed by atoms with van der Waals surface area (Å²) >= 11 is 0. The lowest BCUT2D eigenvalue weighted by molar-refractivity contribution is -0.117. The summed E-state index contributed by atoms with van der Waals surface area (Å²) in [7, 11) is -3.73. The van der Waals surface area contributed by atoms with Crippen LogP contribution in [0.25, 0.3) is 0 Å². The summed E-state index contributed by atoms with van der Waals surface area (Å²) < 4.78 is 32.6. The maximum absolute atomic E-state index is 13.0. The van der Waals surface area contributed by atoms with Crippen molar-refractivity contribution in [2.24, 2.45) is 5.73 Å². The van der Waals surface area contributed by atoms with Crippen LogP contribution >= 0.6 is 0 Å². The van der Waals surface area contributed by atoms with Crippen molar-refractivity contribution in [1.82, 2.24) is 4.31 Å². The van der Waals surface area contributed by atoms with Crippen molar-refractivity contribution in [2.75, 3.05) is 31.6 Å². The molecule has 0 aromatic heterocycles. The van der Waals surface area contributed by atoms with Crippen LogP contribution in [-0.4, -0.2) is 50.8 Å². The molecule has 0 unspecified atom stereocenters. The molecule has 1 aliphatic rings. The van der Waals surface area contributed by atoms with Crippen molar-refractivity contribution in [3.63, 3.8) is 0 Å². The van der Waals surface area contributed by atoms with Gasteiger partial charge in [-0.1, -0.05) is 24.3 Å². The molecule has 0 aliphatic carbocycles. The predicted molar refractivity (Wildman–Crippen MR) is 108 cm³/mol. The Bertz CT molecular complexity index is 1030. The van der Waals surface area contributed by atoms with Gasteiger partial charge in [-0.3, -0.25) is 9.59 Å². The molecule has 1 heterocycles. The van der Waals surface area contributed by atoms with Gasteiger partial charge in [-0.25, -0.2) is 8.42 Å². The summed E-state index contributed by atoms with van der Waals surface area (Å²) in [5.41, 5.74) is 7.06. The summed E-state index contributed by atoms with van der Waals surface area (Å²) in [4.78, 5) is 24.1. The summed E-state index contributed by atoms with van der Waals surface area (Å²) in [6.07, 6.45) is -0.0129. The summed E-state index contributed by atoms with van der Waals surface area (Å²) in [5, 5.41) is 2.73. The monoisotopic (exact) mass is 417 g/mol. The highest BCUT2D eigenvalue weighted by Crippen LogP contribution is 2.23. The maximum atomic E-state index is 13.0. The molecule has 2 amide bonds. The molecule has 0 bridgehead atoms. The fourth-order valence-electron chi connectivity index (χ4n) is 3.12. The van der Waals surface area contributed by atoms with Gasteiger partial charge in [-0.2, -0.15) is 4.31 Å². The van der Waals surface area contributed by atoms with Crippen molar-refractivity contribution in [3.05, 3.63) is 59.2 Å². The standard InChI is InChI=1S/C20H23N3O5S/c1-14-6-7-16(12-18(14)29(26,27)23-8-10-28-11-9-23)20(25)22-17-5-3-2-4-15(17)13-19(21)24/h2-7,12H,8-11,13H2,1H3,(H2,21,24)(H,22,25). The van der Waals surface area contributed by atoms with E-state index in [-0.39, 0.29) is 30.0 Å². The minimum atomic E-state index is -3.73. The summed E-state index contributed by atoms with van der Waals surface area (Å²) in [6.45, 7) is 2.93. The minimum absolute atomic E-state index is 0.0129. The van der Waals surface area contributed by atoms with E-state index in [2.05, 4.69) is 5.32 Å². The van der Waals surface area contributed by atoms with Gasteiger partial charge in [-0.05, 0) is 36.2 Å². The van der Waals surface area contributed by atoms with E-state index in [4.69, 9.17) is 10.5 Å². The second kappa shape index (κ2) is 8.73. The van der Waals surface area contributed by atoms with Crippen LogP contribution in [0.1, 0.15) is 21.5 Å². The van der Waals surface area contributed by atoms with Gasteiger partial charge in [0.25, 0.3) is 5.91 Å². The minimum Gasteiger partial charge on any atom is -0.379 e. The molecule has 0 radical (unpaired) electrons. The van der Waals surface area contributed by atoms with Gasteiger partial charge < -0.3 is 15.8 Å². The highest BCUT2D eigenvalue weighted by atomic mass is 32.2. The van der Waals surface area contributed by atoms with E-state index < -0.39 is 21.8 Å². The third kappa shape index (κ3) is 4.81. The van der Waals surface area contributed by atoms with Crippen molar-refractivity contribution in [3.8, 4) is 0 Å². The van der Waals surface area contributed by atoms with E-state index in [1.807, 2.05) is 0 Å². The van der Waals surface area contributed by atoms with Crippen molar-refractivity contribution in [1.29, 1.82) is 0 Å². The number of nitrogens with two attached hydrogens (primary N) is 1. The van der Waals surface area contributed by atoms with Crippen molar-refractivity contribution >= 4 is 27.5 Å². The zero-order valence-corrected chi connectivity index (χ0v) is 16.9. The van der Waals surface area contributed by atoms with Gasteiger partial charge in [0.2, 0.25) is 15.9 Å². The largest absolute Gasteiger partial charge is 0.379 e. The number of rotatable bonds is 6. The van der Waals surface area contributed by atoms with Crippen LogP contribution in [0.4, 0.5) is 5.69 Å². The van der Waals surface area contributed by atoms with Crippen LogP contribution < -0.4 is 11.1 Å². The fraction of sp³-hybridized carbons (Fsp3) is 0.300. The first-order valence-electron chi connectivity index (χ1n) is 9.15. The van der Waals surface area contributed by atoms with Crippen LogP contribution in [-0.2, 0) is 26.0 Å². The molecular weight excluding hydrogens is 394 g/mol. The Morgan fingerprint density at radius 3 is 2.52 bits per heavy atom. The number of carbonyl (C=O) groups excluding carboxylic acids is 2. The van der Waals surface area contributed by atoms with E-state index >= 15 is 0 Å². The van der Waals surface area contributed by atoms with E-state index in [9.17, 15) is 18.0 Å². The number of hydrogen-bond donors (Lipinski definition) is 2. The first-order valence-corrected chi connectivity index (χ1v) is 10.6. The first-order chi connectivity index (χ1) is 13.8. The van der Waals surface area contributed by atoms with Crippen LogP contribution in [0.3, 0.4) is 0 Å². The number of carbonyl (C=O) groups is 2. The normalized spacial score (nSPS) is 15.1. The quantitative estimate of drug-likeness (QED) is 0.734. The van der Waals surface area contributed by atoms with E-state index in [0.29, 0.717) is 30.0 Å². The molecule has 8 nitrogen and oxygen atoms in total. The Kier molecular flexibility index (Phi) is 6.31. The Morgan fingerprint density at radius 1 is 1.14 bits per heavy atom. The number of hydrogen-bond acceptors (Lipinski definition) is 5. The number of aryl methyl sites for hydroxylation is 1. The van der Waals surface area contributed by atoms with Crippen molar-refractivity contribution < 1.29 is 22.7 Å². The predicted octanol–water partition coefficient (Wildman–Crippen LogP) is 1.30. The van der Waals surface area contributed by atoms with Gasteiger partial charge in [0.05, 0.1) is 24.5 Å². The van der Waals surface area contributed by atoms with E-state index in [1.54, 1.807) is 43.3 Å². The number of benzene rings is 2. The zero-order valence-electron chi connectivity index (χ0n) is 16.1. The molecule has 0 spiro atoms. The number of amides is 2. The topological polar surface area (TPSA) is 119 Å². The number of nitrogens with one attached hydrogen (secondary N) is 1. The van der Waals surface area contributed by atoms with Crippen LogP contribution in [0.2, 0.25) is 0 Å². The first kappa shape index (κ1) is 21.0. The second-order valence-electron chi connectivity index (χ2n) is 6.75. The van der Waals surface area contributed by atoms with E-state index in [1.165, 1.54) is 10.4 Å². The average molecular weight is 417 g/mol. The molecule has 2 aromatic rings. The smallest absolute Gasteiger partial charge is 0.255 e. The molecule has 154 valence electrons. The van der Waals surface area contributed by atoms with Gasteiger partial charge in [-0.15, -0.1) is 0 Å². The van der Waals surface area contributed by atoms with E-state index in [0.717, 1.165) is 0 Å². The van der Waals surface area contributed by atoms with Gasteiger partial charge in [0, 0.05) is 24.3 Å². The molecule has 9 heteroatoms. The van der Waals surface area contributed by atoms with Crippen LogP contribution in [0.5, 0.6) is 0 Å². The molecular formula is C20H23N3O5S. The molecule has 1 fully saturated rings. The average Bonchev–Trinajstić information content (AvgIpc) is 2.70. The number of nitrogens with zero attached hydrogens (tertiary/aromatic N) is 1. The molecule has 0 atom stereocenters. The number of sulfonamides is 1. The van der Waals surface area contributed by atoms with Crippen molar-refractivity contribution in [2.45, 2.75) is 18.2 Å². The Morgan fingerprint density at radius 2 is 1.83 bits per heavy atom. The number of para-hydroxylation sites is 1. The SMILES string of the molecule is Cc1ccc(C(=O)Nc2ccccc2CC(N)=O)cc1S(=O)(=O)N1CCOCC1. The summed E-state index contributed by atoms with van der Waals surface area (Å²) in [5.74, 6) is -0.985. The molecule has 1 aliphatic heterocycles. The molecule has 0 saturated carbocycles. The van der Waals surface area contributed by atoms with Gasteiger partial charge in [0.15, 0.2) is 0 Å². The molecule has 1 saturated heterocycles. The number of anilines is 1. The maximum Gasteiger partial charge on any atom is 0.255 e. The highest BCUT2D eigenvalue weighted by molar-refractivity contribution is 7.89.